The zero-order chi connectivity index (χ0) is 28.9. The molecule has 0 bridgehead atoms. The van der Waals surface area contributed by atoms with E-state index in [0.717, 1.165) is 62.8 Å². The predicted molar refractivity (Wildman–Crippen MR) is 176 cm³/mol. The first-order valence-corrected chi connectivity index (χ1v) is 17.8. The van der Waals surface area contributed by atoms with E-state index in [1.165, 1.54) is 134 Å². The number of ether oxygens (including phenoxy) is 3. The molecule has 0 saturated carbocycles. The Bertz CT molecular complexity index is 630. The van der Waals surface area contributed by atoms with Gasteiger partial charge in [-0.05, 0) is 49.8 Å². The normalized spacial score (nSPS) is 11.2. The fraction of sp³-hybridized carbons (Fsp3) is 0.838. The Kier molecular flexibility index (Phi) is 25.4. The predicted octanol–water partition coefficient (Wildman–Crippen LogP) is 12.4. The van der Waals surface area contributed by atoms with Gasteiger partial charge in [-0.3, -0.25) is 0 Å². The summed E-state index contributed by atoms with van der Waals surface area (Å²) in [6.07, 6.45) is 30.6. The average Bonchev–Trinajstić information content (AvgIpc) is 2.96. The summed E-state index contributed by atoms with van der Waals surface area (Å²) in [5.74, 6) is 2.64. The molecule has 0 N–H and O–H groups in total. The Morgan fingerprint density at radius 3 is 1.07 bits per heavy atom. The lowest BCUT2D eigenvalue weighted by atomic mass is 10.1. The van der Waals surface area contributed by atoms with Crippen LogP contribution in [0.5, 0.6) is 17.2 Å². The van der Waals surface area contributed by atoms with Crippen LogP contribution < -0.4 is 14.2 Å². The largest absolute Gasteiger partial charge is 0.490 e. The third-order valence-corrected chi connectivity index (χ3v) is 7.90. The molecule has 3 heteroatoms. The first-order valence-electron chi connectivity index (χ1n) is 17.8. The zero-order valence-electron chi connectivity index (χ0n) is 27.5. The van der Waals surface area contributed by atoms with E-state index in [2.05, 4.69) is 39.8 Å². The highest BCUT2D eigenvalue weighted by molar-refractivity contribution is 5.54. The van der Waals surface area contributed by atoms with Crippen LogP contribution in [0.3, 0.4) is 0 Å². The molecule has 0 saturated heterocycles. The Morgan fingerprint density at radius 2 is 0.700 bits per heavy atom. The molecule has 0 fully saturated rings. The van der Waals surface area contributed by atoms with Gasteiger partial charge in [-0.15, -0.1) is 0 Å². The number of benzene rings is 1. The minimum Gasteiger partial charge on any atom is -0.490 e. The van der Waals surface area contributed by atoms with Crippen molar-refractivity contribution in [1.82, 2.24) is 0 Å². The molecule has 0 aromatic heterocycles. The van der Waals surface area contributed by atoms with E-state index in [4.69, 9.17) is 14.2 Å². The Labute approximate surface area is 250 Å². The average molecular weight is 561 g/mol. The van der Waals surface area contributed by atoms with Gasteiger partial charge < -0.3 is 14.2 Å². The van der Waals surface area contributed by atoms with Gasteiger partial charge in [0, 0.05) is 0 Å². The van der Waals surface area contributed by atoms with Crippen LogP contribution in [0.15, 0.2) is 12.1 Å². The van der Waals surface area contributed by atoms with E-state index >= 15 is 0 Å². The van der Waals surface area contributed by atoms with Crippen LogP contribution in [0.1, 0.15) is 181 Å². The van der Waals surface area contributed by atoms with Gasteiger partial charge in [0.2, 0.25) is 5.75 Å². The van der Waals surface area contributed by atoms with E-state index < -0.39 is 0 Å². The molecule has 0 atom stereocenters. The van der Waals surface area contributed by atoms with Crippen LogP contribution in [-0.4, -0.2) is 19.8 Å². The fourth-order valence-corrected chi connectivity index (χ4v) is 5.23. The molecule has 1 aromatic rings. The monoisotopic (exact) mass is 561 g/mol. The minimum atomic E-state index is 0.740. The van der Waals surface area contributed by atoms with Gasteiger partial charge >= 0.3 is 0 Å². The quantitative estimate of drug-likeness (QED) is 0.0876. The highest BCUT2D eigenvalue weighted by Crippen LogP contribution is 2.40. The molecule has 0 aliphatic carbocycles. The van der Waals surface area contributed by atoms with E-state index in [9.17, 15) is 0 Å². The Hall–Kier alpha value is -1.38. The number of aryl methyl sites for hydroxylation is 1. The van der Waals surface area contributed by atoms with Gasteiger partial charge in [-0.1, -0.05) is 150 Å². The van der Waals surface area contributed by atoms with Crippen molar-refractivity contribution in [1.29, 1.82) is 0 Å². The summed E-state index contributed by atoms with van der Waals surface area (Å²) < 4.78 is 19.3. The number of hydrogen-bond donors (Lipinski definition) is 0. The first kappa shape index (κ1) is 36.6. The van der Waals surface area contributed by atoms with Crippen LogP contribution in [-0.2, 0) is 6.42 Å². The summed E-state index contributed by atoms with van der Waals surface area (Å²) in [5.41, 5.74) is 1.31. The van der Waals surface area contributed by atoms with Crippen LogP contribution >= 0.6 is 0 Å². The van der Waals surface area contributed by atoms with Crippen molar-refractivity contribution in [2.45, 2.75) is 182 Å². The van der Waals surface area contributed by atoms with Crippen molar-refractivity contribution in [3.63, 3.8) is 0 Å². The molecule has 0 aliphatic rings. The van der Waals surface area contributed by atoms with Crippen molar-refractivity contribution < 1.29 is 14.2 Å². The Balaban J connectivity index is 2.76. The van der Waals surface area contributed by atoms with Crippen molar-refractivity contribution in [2.24, 2.45) is 0 Å². The third-order valence-electron chi connectivity index (χ3n) is 7.90. The van der Waals surface area contributed by atoms with Crippen LogP contribution in [0, 0.1) is 0 Å². The van der Waals surface area contributed by atoms with Gasteiger partial charge in [-0.2, -0.15) is 0 Å². The zero-order valence-corrected chi connectivity index (χ0v) is 27.5. The van der Waals surface area contributed by atoms with Crippen LogP contribution in [0.4, 0.5) is 0 Å². The highest BCUT2D eigenvalue weighted by Gasteiger charge is 2.16. The van der Waals surface area contributed by atoms with E-state index in [0.29, 0.717) is 0 Å². The lowest BCUT2D eigenvalue weighted by Crippen LogP contribution is -2.07. The molecule has 3 nitrogen and oxygen atoms in total. The molecule has 234 valence electrons. The maximum absolute atomic E-state index is 6.45. The SMILES string of the molecule is CCCCCCCCCOc1cc(CCCC)cc(OCCCCCCCCC)c1OCCCCCCCCC. The maximum Gasteiger partial charge on any atom is 0.203 e. The minimum absolute atomic E-state index is 0.740. The summed E-state index contributed by atoms with van der Waals surface area (Å²) >= 11 is 0. The standard InChI is InChI=1S/C37H68O3/c1-5-9-13-16-19-22-25-29-38-35-32-34(28-12-8-4)33-36(39-30-26-23-20-17-14-10-6-2)37(35)40-31-27-24-21-18-15-11-7-3/h32-33H,5-31H2,1-4H3. The second-order valence-corrected chi connectivity index (χ2v) is 11.9. The second-order valence-electron chi connectivity index (χ2n) is 11.9. The fourth-order valence-electron chi connectivity index (χ4n) is 5.23. The number of hydrogen-bond acceptors (Lipinski definition) is 3. The third kappa shape index (κ3) is 19.7. The smallest absolute Gasteiger partial charge is 0.203 e. The molecular weight excluding hydrogens is 492 g/mol. The summed E-state index contributed by atoms with van der Waals surface area (Å²) in [4.78, 5) is 0. The number of unbranched alkanes of at least 4 members (excludes halogenated alkanes) is 19. The van der Waals surface area contributed by atoms with Gasteiger partial charge in [0.1, 0.15) is 0 Å². The lowest BCUT2D eigenvalue weighted by Gasteiger charge is -2.19. The van der Waals surface area contributed by atoms with Gasteiger partial charge in [0.15, 0.2) is 11.5 Å². The van der Waals surface area contributed by atoms with E-state index in [-0.39, 0.29) is 0 Å². The van der Waals surface area contributed by atoms with Crippen molar-refractivity contribution in [2.75, 3.05) is 19.8 Å². The molecule has 0 unspecified atom stereocenters. The molecule has 1 rings (SSSR count). The lowest BCUT2D eigenvalue weighted by molar-refractivity contribution is 0.234. The molecular formula is C37H68O3. The van der Waals surface area contributed by atoms with Gasteiger partial charge in [-0.25, -0.2) is 0 Å². The van der Waals surface area contributed by atoms with E-state index in [1.54, 1.807) is 0 Å². The maximum atomic E-state index is 6.45. The van der Waals surface area contributed by atoms with Gasteiger partial charge in [0.25, 0.3) is 0 Å². The molecule has 0 radical (unpaired) electrons. The van der Waals surface area contributed by atoms with E-state index in [1.807, 2.05) is 0 Å². The topological polar surface area (TPSA) is 27.7 Å². The molecule has 0 aliphatic heterocycles. The summed E-state index contributed by atoms with van der Waals surface area (Å²) in [6, 6.07) is 4.47. The molecule has 0 spiro atoms. The number of rotatable bonds is 30. The Morgan fingerprint density at radius 1 is 0.375 bits per heavy atom. The van der Waals surface area contributed by atoms with Crippen molar-refractivity contribution in [3.8, 4) is 17.2 Å². The molecule has 0 amide bonds. The van der Waals surface area contributed by atoms with Crippen LogP contribution in [0.2, 0.25) is 0 Å². The summed E-state index contributed by atoms with van der Waals surface area (Å²) in [6.45, 7) is 11.4. The van der Waals surface area contributed by atoms with Gasteiger partial charge in [0.05, 0.1) is 19.8 Å². The molecule has 0 heterocycles. The first-order chi connectivity index (χ1) is 19.8. The summed E-state index contributed by atoms with van der Waals surface area (Å²) in [7, 11) is 0. The summed E-state index contributed by atoms with van der Waals surface area (Å²) in [5, 5.41) is 0. The second kappa shape index (κ2) is 27.8. The highest BCUT2D eigenvalue weighted by atomic mass is 16.5. The van der Waals surface area contributed by atoms with Crippen molar-refractivity contribution >= 4 is 0 Å². The van der Waals surface area contributed by atoms with Crippen molar-refractivity contribution in [3.05, 3.63) is 17.7 Å². The molecule has 1 aromatic carbocycles. The van der Waals surface area contributed by atoms with Crippen LogP contribution in [0.25, 0.3) is 0 Å². The molecule has 40 heavy (non-hydrogen) atoms.